The molecule has 0 bridgehead atoms. The lowest BCUT2D eigenvalue weighted by molar-refractivity contribution is 0.242. The summed E-state index contributed by atoms with van der Waals surface area (Å²) in [5.74, 6) is 2.50. The van der Waals surface area contributed by atoms with Crippen LogP contribution >= 0.6 is 0 Å². The molecule has 3 nitrogen and oxygen atoms in total. The monoisotopic (exact) mass is 277 g/mol. The molecule has 112 valence electrons. The molecule has 1 aromatic rings. The number of hydrogen-bond donors (Lipinski definition) is 1. The highest BCUT2D eigenvalue weighted by Crippen LogP contribution is 2.30. The van der Waals surface area contributed by atoms with Crippen LogP contribution in [0.25, 0.3) is 0 Å². The number of para-hydroxylation sites is 2. The lowest BCUT2D eigenvalue weighted by Crippen LogP contribution is -2.29. The van der Waals surface area contributed by atoms with E-state index in [1.54, 1.807) is 0 Å². The first-order valence-corrected chi connectivity index (χ1v) is 7.87. The van der Waals surface area contributed by atoms with Crippen LogP contribution in [0.2, 0.25) is 0 Å². The zero-order valence-corrected chi connectivity index (χ0v) is 12.7. The molecule has 0 aliphatic heterocycles. The van der Waals surface area contributed by atoms with E-state index in [0.717, 1.165) is 43.5 Å². The smallest absolute Gasteiger partial charge is 0.161 e. The van der Waals surface area contributed by atoms with E-state index < -0.39 is 0 Å². The fourth-order valence-corrected chi connectivity index (χ4v) is 2.98. The van der Waals surface area contributed by atoms with Crippen LogP contribution in [0.4, 0.5) is 0 Å². The van der Waals surface area contributed by atoms with E-state index in [-0.39, 0.29) is 0 Å². The van der Waals surface area contributed by atoms with E-state index in [4.69, 9.17) is 9.47 Å². The molecule has 0 heterocycles. The Bertz CT molecular complexity index is 394. The predicted molar refractivity (Wildman–Crippen MR) is 82.5 cm³/mol. The third kappa shape index (κ3) is 4.14. The molecule has 1 aromatic carbocycles. The van der Waals surface area contributed by atoms with E-state index in [2.05, 4.69) is 19.3 Å². The highest BCUT2D eigenvalue weighted by molar-refractivity contribution is 5.39. The molecule has 1 fully saturated rings. The van der Waals surface area contributed by atoms with Crippen molar-refractivity contribution in [1.29, 1.82) is 0 Å². The summed E-state index contributed by atoms with van der Waals surface area (Å²) >= 11 is 0. The largest absolute Gasteiger partial charge is 0.490 e. The summed E-state index contributed by atoms with van der Waals surface area (Å²) in [6.45, 7) is 3.63. The van der Waals surface area contributed by atoms with Crippen molar-refractivity contribution in [3.05, 3.63) is 24.3 Å². The van der Waals surface area contributed by atoms with Crippen LogP contribution in [-0.2, 0) is 0 Å². The lowest BCUT2D eigenvalue weighted by Gasteiger charge is -2.19. The van der Waals surface area contributed by atoms with Crippen molar-refractivity contribution in [2.75, 3.05) is 20.3 Å². The van der Waals surface area contributed by atoms with Gasteiger partial charge in [-0.1, -0.05) is 25.5 Å². The van der Waals surface area contributed by atoms with Crippen LogP contribution < -0.4 is 14.8 Å². The molecule has 2 atom stereocenters. The molecule has 0 radical (unpaired) electrons. The summed E-state index contributed by atoms with van der Waals surface area (Å²) in [6.07, 6.45) is 6.10. The lowest BCUT2D eigenvalue weighted by atomic mass is 10.0. The van der Waals surface area contributed by atoms with Crippen molar-refractivity contribution in [3.63, 3.8) is 0 Å². The average molecular weight is 277 g/mol. The zero-order chi connectivity index (χ0) is 14.2. The Morgan fingerprint density at radius 2 is 1.80 bits per heavy atom. The normalized spacial score (nSPS) is 21.9. The number of ether oxygens (including phenoxy) is 2. The molecular weight excluding hydrogens is 250 g/mol. The Morgan fingerprint density at radius 1 is 1.10 bits per heavy atom. The Hall–Kier alpha value is -1.22. The Labute approximate surface area is 122 Å². The summed E-state index contributed by atoms with van der Waals surface area (Å²) in [6, 6.07) is 8.64. The van der Waals surface area contributed by atoms with Crippen LogP contribution in [0.15, 0.2) is 24.3 Å². The standard InChI is InChI=1S/C17H27NO2/c1-3-12-19-16-9-4-5-10-17(16)20-13-11-14-7-6-8-15(14)18-2/h4-5,9-10,14-15,18H,3,6-8,11-13H2,1-2H3. The number of benzene rings is 1. The molecule has 1 aliphatic rings. The second-order valence-corrected chi connectivity index (χ2v) is 5.52. The summed E-state index contributed by atoms with van der Waals surface area (Å²) in [7, 11) is 2.07. The predicted octanol–water partition coefficient (Wildman–Crippen LogP) is 3.63. The minimum Gasteiger partial charge on any atom is -0.490 e. The number of rotatable bonds is 8. The van der Waals surface area contributed by atoms with Gasteiger partial charge in [-0.2, -0.15) is 0 Å². The highest BCUT2D eigenvalue weighted by Gasteiger charge is 2.25. The molecular formula is C17H27NO2. The molecule has 0 spiro atoms. The Morgan fingerprint density at radius 3 is 2.45 bits per heavy atom. The first kappa shape index (κ1) is 15.2. The third-order valence-electron chi connectivity index (χ3n) is 4.09. The van der Waals surface area contributed by atoms with Gasteiger partial charge in [-0.25, -0.2) is 0 Å². The molecule has 1 saturated carbocycles. The molecule has 2 unspecified atom stereocenters. The van der Waals surface area contributed by atoms with E-state index in [1.807, 2.05) is 24.3 Å². The zero-order valence-electron chi connectivity index (χ0n) is 12.7. The summed E-state index contributed by atoms with van der Waals surface area (Å²) in [4.78, 5) is 0. The summed E-state index contributed by atoms with van der Waals surface area (Å²) in [5, 5.41) is 3.42. The van der Waals surface area contributed by atoms with E-state index in [0.29, 0.717) is 6.04 Å². The van der Waals surface area contributed by atoms with Crippen LogP contribution in [0, 0.1) is 5.92 Å². The molecule has 2 rings (SSSR count). The van der Waals surface area contributed by atoms with Crippen molar-refractivity contribution in [2.24, 2.45) is 5.92 Å². The van der Waals surface area contributed by atoms with Crippen molar-refractivity contribution < 1.29 is 9.47 Å². The van der Waals surface area contributed by atoms with Gasteiger partial charge in [0.15, 0.2) is 11.5 Å². The minimum absolute atomic E-state index is 0.671. The SMILES string of the molecule is CCCOc1ccccc1OCCC1CCCC1NC. The van der Waals surface area contributed by atoms with E-state index in [1.165, 1.54) is 19.3 Å². The molecule has 20 heavy (non-hydrogen) atoms. The van der Waals surface area contributed by atoms with Gasteiger partial charge >= 0.3 is 0 Å². The summed E-state index contributed by atoms with van der Waals surface area (Å²) < 4.78 is 11.6. The second-order valence-electron chi connectivity index (χ2n) is 5.52. The van der Waals surface area contributed by atoms with Gasteiger partial charge in [0.25, 0.3) is 0 Å². The van der Waals surface area contributed by atoms with Gasteiger partial charge < -0.3 is 14.8 Å². The molecule has 0 saturated heterocycles. The van der Waals surface area contributed by atoms with Crippen molar-refractivity contribution in [3.8, 4) is 11.5 Å². The maximum absolute atomic E-state index is 5.94. The molecule has 3 heteroatoms. The van der Waals surface area contributed by atoms with Gasteiger partial charge in [0.1, 0.15) is 0 Å². The van der Waals surface area contributed by atoms with Crippen LogP contribution in [0.1, 0.15) is 39.0 Å². The maximum atomic E-state index is 5.94. The van der Waals surface area contributed by atoms with Crippen LogP contribution in [0.5, 0.6) is 11.5 Å². The Balaban J connectivity index is 1.81. The second kappa shape index (κ2) is 8.15. The average Bonchev–Trinajstić information content (AvgIpc) is 2.94. The van der Waals surface area contributed by atoms with Crippen LogP contribution in [0.3, 0.4) is 0 Å². The Kier molecular flexibility index (Phi) is 6.19. The molecule has 1 N–H and O–H groups in total. The van der Waals surface area contributed by atoms with Crippen molar-refractivity contribution in [2.45, 2.75) is 45.1 Å². The maximum Gasteiger partial charge on any atom is 0.161 e. The molecule has 0 amide bonds. The van der Waals surface area contributed by atoms with Gasteiger partial charge in [0.05, 0.1) is 13.2 Å². The van der Waals surface area contributed by atoms with Gasteiger partial charge in [0, 0.05) is 6.04 Å². The van der Waals surface area contributed by atoms with Crippen LogP contribution in [-0.4, -0.2) is 26.3 Å². The summed E-state index contributed by atoms with van der Waals surface area (Å²) in [5.41, 5.74) is 0. The molecule has 1 aliphatic carbocycles. The minimum atomic E-state index is 0.671. The molecule has 0 aromatic heterocycles. The van der Waals surface area contributed by atoms with Crippen molar-refractivity contribution >= 4 is 0 Å². The number of nitrogens with one attached hydrogen (secondary N) is 1. The first-order chi connectivity index (χ1) is 9.85. The fraction of sp³-hybridized carbons (Fsp3) is 0.647. The van der Waals surface area contributed by atoms with Gasteiger partial charge in [-0.15, -0.1) is 0 Å². The van der Waals surface area contributed by atoms with E-state index >= 15 is 0 Å². The topological polar surface area (TPSA) is 30.5 Å². The van der Waals surface area contributed by atoms with Gasteiger partial charge in [-0.05, 0) is 50.8 Å². The fourth-order valence-electron chi connectivity index (χ4n) is 2.98. The number of hydrogen-bond acceptors (Lipinski definition) is 3. The van der Waals surface area contributed by atoms with E-state index in [9.17, 15) is 0 Å². The highest BCUT2D eigenvalue weighted by atomic mass is 16.5. The first-order valence-electron chi connectivity index (χ1n) is 7.87. The van der Waals surface area contributed by atoms with Gasteiger partial charge in [0.2, 0.25) is 0 Å². The third-order valence-corrected chi connectivity index (χ3v) is 4.09. The van der Waals surface area contributed by atoms with Crippen molar-refractivity contribution in [1.82, 2.24) is 5.32 Å². The van der Waals surface area contributed by atoms with Gasteiger partial charge in [-0.3, -0.25) is 0 Å². The quantitative estimate of drug-likeness (QED) is 0.787.